The fourth-order valence-corrected chi connectivity index (χ4v) is 3.07. The van der Waals surface area contributed by atoms with Gasteiger partial charge in [-0.05, 0) is 43.9 Å². The van der Waals surface area contributed by atoms with Crippen LogP contribution < -0.4 is 10.2 Å². The average molecular weight is 342 g/mol. The van der Waals surface area contributed by atoms with Gasteiger partial charge in [0, 0.05) is 30.9 Å². The summed E-state index contributed by atoms with van der Waals surface area (Å²) >= 11 is 0. The van der Waals surface area contributed by atoms with Gasteiger partial charge in [0.25, 0.3) is 0 Å². The summed E-state index contributed by atoms with van der Waals surface area (Å²) < 4.78 is 0. The molecule has 1 aliphatic heterocycles. The lowest BCUT2D eigenvalue weighted by Gasteiger charge is -2.30. The first-order valence-electron chi connectivity index (χ1n) is 8.74. The Labute approximate surface area is 148 Å². The Morgan fingerprint density at radius 3 is 2.72 bits per heavy atom. The molecule has 0 fully saturated rings. The fraction of sp³-hybridized carbons (Fsp3) is 0.474. The molecular weight excluding hydrogens is 316 g/mol. The summed E-state index contributed by atoms with van der Waals surface area (Å²) in [4.78, 5) is 11.3. The van der Waals surface area contributed by atoms with Crippen LogP contribution in [0.5, 0.6) is 0 Å². The number of nitrogens with zero attached hydrogens (tertiary/aromatic N) is 3. The third-order valence-corrected chi connectivity index (χ3v) is 4.54. The van der Waals surface area contributed by atoms with Crippen molar-refractivity contribution < 1.29 is 10.2 Å². The second-order valence-electron chi connectivity index (χ2n) is 6.79. The van der Waals surface area contributed by atoms with E-state index in [1.807, 2.05) is 26.0 Å². The molecule has 0 spiro atoms. The highest BCUT2D eigenvalue weighted by Gasteiger charge is 2.19. The van der Waals surface area contributed by atoms with Gasteiger partial charge in [0.2, 0.25) is 5.95 Å². The Hall–Kier alpha value is -2.18. The predicted molar refractivity (Wildman–Crippen MR) is 98.8 cm³/mol. The van der Waals surface area contributed by atoms with E-state index in [1.54, 1.807) is 6.92 Å². The molecule has 2 heterocycles. The van der Waals surface area contributed by atoms with Crippen LogP contribution in [0.4, 0.5) is 11.8 Å². The van der Waals surface area contributed by atoms with Crippen LogP contribution in [0.2, 0.25) is 0 Å². The normalized spacial score (nSPS) is 16.3. The lowest BCUT2D eigenvalue weighted by atomic mass is 9.96. The van der Waals surface area contributed by atoms with Crippen molar-refractivity contribution in [1.82, 2.24) is 9.97 Å². The van der Waals surface area contributed by atoms with E-state index < -0.39 is 6.10 Å². The number of fused-ring (bicyclic) bond motifs is 1. The number of rotatable bonds is 5. The average Bonchev–Trinajstić information content (AvgIpc) is 2.60. The summed E-state index contributed by atoms with van der Waals surface area (Å²) in [5.41, 5.74) is 4.43. The molecule has 1 aromatic heterocycles. The van der Waals surface area contributed by atoms with Crippen LogP contribution in [-0.2, 0) is 13.0 Å². The van der Waals surface area contributed by atoms with E-state index in [4.69, 9.17) is 0 Å². The summed E-state index contributed by atoms with van der Waals surface area (Å²) in [5.74, 6) is 1.44. The number of anilines is 2. The van der Waals surface area contributed by atoms with Crippen molar-refractivity contribution in [3.8, 4) is 0 Å². The number of nitrogens with one attached hydrogen (secondary N) is 1. The number of aliphatic hydroxyl groups is 2. The number of hydrogen-bond acceptors (Lipinski definition) is 6. The zero-order valence-electron chi connectivity index (χ0n) is 15.0. The number of aliphatic hydroxyl groups excluding tert-OH is 2. The van der Waals surface area contributed by atoms with Gasteiger partial charge in [0.05, 0.1) is 12.7 Å². The summed E-state index contributed by atoms with van der Waals surface area (Å²) in [5, 5.41) is 22.1. The van der Waals surface area contributed by atoms with Gasteiger partial charge in [0.1, 0.15) is 5.82 Å². The Bertz CT molecular complexity index is 748. The highest BCUT2D eigenvalue weighted by Crippen LogP contribution is 2.26. The first-order valence-corrected chi connectivity index (χ1v) is 8.74. The largest absolute Gasteiger partial charge is 0.394 e. The van der Waals surface area contributed by atoms with Gasteiger partial charge >= 0.3 is 0 Å². The smallest absolute Gasteiger partial charge is 0.225 e. The number of aryl methyl sites for hydroxylation is 1. The first-order chi connectivity index (χ1) is 12.0. The van der Waals surface area contributed by atoms with Gasteiger partial charge in [-0.3, -0.25) is 0 Å². The van der Waals surface area contributed by atoms with Crippen molar-refractivity contribution in [1.29, 1.82) is 0 Å². The molecule has 0 saturated heterocycles. The predicted octanol–water partition coefficient (Wildman–Crippen LogP) is 2.19. The Morgan fingerprint density at radius 1 is 1.20 bits per heavy atom. The second-order valence-corrected chi connectivity index (χ2v) is 6.79. The Kier molecular flexibility index (Phi) is 5.20. The van der Waals surface area contributed by atoms with Crippen LogP contribution >= 0.6 is 0 Å². The van der Waals surface area contributed by atoms with E-state index in [9.17, 15) is 10.2 Å². The molecule has 2 aromatic rings. The summed E-state index contributed by atoms with van der Waals surface area (Å²) in [7, 11) is 0. The zero-order chi connectivity index (χ0) is 18.0. The molecule has 3 N–H and O–H groups in total. The minimum atomic E-state index is -0.435. The van der Waals surface area contributed by atoms with E-state index in [0.717, 1.165) is 36.6 Å². The first kappa shape index (κ1) is 17.6. The van der Waals surface area contributed by atoms with Gasteiger partial charge in [-0.25, -0.2) is 4.98 Å². The highest BCUT2D eigenvalue weighted by molar-refractivity contribution is 5.48. The van der Waals surface area contributed by atoms with Crippen LogP contribution in [-0.4, -0.2) is 39.4 Å². The fourth-order valence-electron chi connectivity index (χ4n) is 3.07. The van der Waals surface area contributed by atoms with Crippen LogP contribution in [0, 0.1) is 6.92 Å². The van der Waals surface area contributed by atoms with Gasteiger partial charge in [-0.1, -0.05) is 18.2 Å². The summed E-state index contributed by atoms with van der Waals surface area (Å²) in [6, 6.07) is 8.11. The highest BCUT2D eigenvalue weighted by atomic mass is 16.3. The van der Waals surface area contributed by atoms with Crippen LogP contribution in [0.1, 0.15) is 42.3 Å². The van der Waals surface area contributed by atoms with Gasteiger partial charge in [-0.15, -0.1) is 0 Å². The molecule has 1 aromatic carbocycles. The van der Waals surface area contributed by atoms with Gasteiger partial charge in [0.15, 0.2) is 0 Å². The molecule has 0 amide bonds. The van der Waals surface area contributed by atoms with Crippen molar-refractivity contribution in [2.75, 3.05) is 23.4 Å². The molecular formula is C19H26N4O2. The number of aromatic nitrogens is 2. The van der Waals surface area contributed by atoms with E-state index in [2.05, 4.69) is 32.3 Å². The maximum Gasteiger partial charge on any atom is 0.225 e. The van der Waals surface area contributed by atoms with E-state index in [-0.39, 0.29) is 12.6 Å². The standard InChI is InChI=1S/C19H26N4O2/c1-12-8-18(22-19(20-12)21-13(2)11-24)23-7-6-16-9-15(14(3)25)4-5-17(16)10-23/h4-5,8-9,13-14,24-25H,6-7,10-11H2,1-3H3,(H,20,21,22)/t13-,14-/m0/s1. The minimum absolute atomic E-state index is 0.0370. The third-order valence-electron chi connectivity index (χ3n) is 4.54. The Balaban J connectivity index is 1.81. The van der Waals surface area contributed by atoms with Crippen LogP contribution in [0.15, 0.2) is 24.3 Å². The van der Waals surface area contributed by atoms with Crippen molar-refractivity contribution >= 4 is 11.8 Å². The third kappa shape index (κ3) is 4.08. The molecule has 2 atom stereocenters. The SMILES string of the molecule is Cc1cc(N2CCc3cc([C@H](C)O)ccc3C2)nc(N[C@@H](C)CO)n1. The van der Waals surface area contributed by atoms with Crippen molar-refractivity contribution in [2.45, 2.75) is 45.9 Å². The molecule has 134 valence electrons. The van der Waals surface area contributed by atoms with E-state index in [0.29, 0.717) is 5.95 Å². The topological polar surface area (TPSA) is 81.5 Å². The molecule has 1 aliphatic rings. The molecule has 3 rings (SSSR count). The minimum Gasteiger partial charge on any atom is -0.394 e. The Morgan fingerprint density at radius 2 is 2.00 bits per heavy atom. The van der Waals surface area contributed by atoms with Crippen molar-refractivity contribution in [3.63, 3.8) is 0 Å². The van der Waals surface area contributed by atoms with Crippen LogP contribution in [0.3, 0.4) is 0 Å². The quantitative estimate of drug-likeness (QED) is 0.773. The van der Waals surface area contributed by atoms with E-state index in [1.165, 1.54) is 11.1 Å². The molecule has 0 bridgehead atoms. The maximum atomic E-state index is 9.76. The number of hydrogen-bond donors (Lipinski definition) is 3. The molecule has 0 unspecified atom stereocenters. The lowest BCUT2D eigenvalue weighted by molar-refractivity contribution is 0.199. The summed E-state index contributed by atoms with van der Waals surface area (Å²) in [6.07, 6.45) is 0.490. The zero-order valence-corrected chi connectivity index (χ0v) is 15.0. The maximum absolute atomic E-state index is 9.76. The molecule has 0 aliphatic carbocycles. The van der Waals surface area contributed by atoms with Crippen LogP contribution in [0.25, 0.3) is 0 Å². The summed E-state index contributed by atoms with van der Waals surface area (Å²) in [6.45, 7) is 7.34. The van der Waals surface area contributed by atoms with Crippen molar-refractivity contribution in [3.05, 3.63) is 46.6 Å². The second kappa shape index (κ2) is 7.37. The molecule has 0 saturated carbocycles. The molecule has 6 heteroatoms. The monoisotopic (exact) mass is 342 g/mol. The van der Waals surface area contributed by atoms with Gasteiger partial charge < -0.3 is 20.4 Å². The van der Waals surface area contributed by atoms with Gasteiger partial charge in [-0.2, -0.15) is 4.98 Å². The van der Waals surface area contributed by atoms with Crippen molar-refractivity contribution in [2.24, 2.45) is 0 Å². The lowest BCUT2D eigenvalue weighted by Crippen LogP contribution is -2.31. The molecule has 6 nitrogen and oxygen atoms in total. The molecule has 0 radical (unpaired) electrons. The van der Waals surface area contributed by atoms with E-state index >= 15 is 0 Å². The molecule has 25 heavy (non-hydrogen) atoms. The number of benzene rings is 1.